The number of aliphatic hydroxyl groups is 2. The van der Waals surface area contributed by atoms with Gasteiger partial charge in [0.1, 0.15) is 5.15 Å². The van der Waals surface area contributed by atoms with E-state index in [0.717, 1.165) is 11.3 Å². The van der Waals surface area contributed by atoms with Gasteiger partial charge >= 0.3 is 0 Å². The lowest BCUT2D eigenvalue weighted by Gasteiger charge is -2.19. The summed E-state index contributed by atoms with van der Waals surface area (Å²) in [5.74, 6) is 0. The molecule has 1 heterocycles. The van der Waals surface area contributed by atoms with Gasteiger partial charge in [-0.1, -0.05) is 22.9 Å². The highest BCUT2D eigenvalue weighted by molar-refractivity contribution is 7.16. The van der Waals surface area contributed by atoms with Gasteiger partial charge in [-0.3, -0.25) is 0 Å². The SMILES string of the molecule is OCCN(CC(F)F)c1nc(Cl)c(CO)s1. The molecule has 4 nitrogen and oxygen atoms in total. The first kappa shape index (κ1) is 13.6. The van der Waals surface area contributed by atoms with E-state index in [1.165, 1.54) is 4.90 Å². The maximum absolute atomic E-state index is 12.3. The van der Waals surface area contributed by atoms with E-state index in [0.29, 0.717) is 4.88 Å². The van der Waals surface area contributed by atoms with E-state index in [2.05, 4.69) is 4.98 Å². The number of aliphatic hydroxyl groups excluding tert-OH is 2. The number of alkyl halides is 2. The minimum atomic E-state index is -2.52. The first-order chi connectivity index (χ1) is 7.58. The van der Waals surface area contributed by atoms with E-state index >= 15 is 0 Å². The van der Waals surface area contributed by atoms with Gasteiger partial charge < -0.3 is 15.1 Å². The molecule has 1 aromatic rings. The number of rotatable bonds is 6. The Morgan fingerprint density at radius 1 is 1.44 bits per heavy atom. The summed E-state index contributed by atoms with van der Waals surface area (Å²) < 4.78 is 24.5. The first-order valence-electron chi connectivity index (χ1n) is 4.48. The van der Waals surface area contributed by atoms with E-state index in [-0.39, 0.29) is 30.0 Å². The maximum Gasteiger partial charge on any atom is 0.255 e. The van der Waals surface area contributed by atoms with Crippen molar-refractivity contribution in [3.8, 4) is 0 Å². The predicted octanol–water partition coefficient (Wildman–Crippen LogP) is 1.35. The Bertz CT molecular complexity index is 338. The molecule has 0 aliphatic rings. The molecule has 0 amide bonds. The Hall–Kier alpha value is -0.500. The zero-order chi connectivity index (χ0) is 12.1. The number of nitrogens with zero attached hydrogens (tertiary/aromatic N) is 2. The molecular weight excluding hydrogens is 262 g/mol. The van der Waals surface area contributed by atoms with Gasteiger partial charge in [-0.2, -0.15) is 0 Å². The molecule has 1 rings (SSSR count). The third kappa shape index (κ3) is 3.51. The standard InChI is InChI=1S/C8H11ClF2N2O2S/c9-7-5(4-15)16-8(12-7)13(1-2-14)3-6(10)11/h6,14-15H,1-4H2. The van der Waals surface area contributed by atoms with Crippen molar-refractivity contribution in [1.82, 2.24) is 4.98 Å². The number of aromatic nitrogens is 1. The lowest BCUT2D eigenvalue weighted by atomic mass is 10.5. The van der Waals surface area contributed by atoms with Crippen molar-refractivity contribution >= 4 is 28.1 Å². The quantitative estimate of drug-likeness (QED) is 0.821. The summed E-state index contributed by atoms with van der Waals surface area (Å²) in [6, 6.07) is 0. The molecule has 0 radical (unpaired) electrons. The number of halogens is 3. The molecule has 0 atom stereocenters. The molecule has 0 aliphatic heterocycles. The van der Waals surface area contributed by atoms with Gasteiger partial charge in [0.05, 0.1) is 24.6 Å². The van der Waals surface area contributed by atoms with Crippen molar-refractivity contribution in [2.24, 2.45) is 0 Å². The second-order valence-electron chi connectivity index (χ2n) is 2.93. The topological polar surface area (TPSA) is 56.6 Å². The summed E-state index contributed by atoms with van der Waals surface area (Å²) in [7, 11) is 0. The van der Waals surface area contributed by atoms with Gasteiger partial charge in [0.25, 0.3) is 6.43 Å². The fourth-order valence-corrected chi connectivity index (χ4v) is 2.26. The molecule has 0 aliphatic carbocycles. The molecule has 0 fully saturated rings. The van der Waals surface area contributed by atoms with Crippen LogP contribution in [0.3, 0.4) is 0 Å². The van der Waals surface area contributed by atoms with Crippen LogP contribution in [0.15, 0.2) is 0 Å². The lowest BCUT2D eigenvalue weighted by Crippen LogP contribution is -2.31. The van der Waals surface area contributed by atoms with Gasteiger partial charge in [0.15, 0.2) is 5.13 Å². The van der Waals surface area contributed by atoms with Gasteiger partial charge in [0.2, 0.25) is 0 Å². The zero-order valence-corrected chi connectivity index (χ0v) is 9.81. The van der Waals surface area contributed by atoms with Crippen LogP contribution < -0.4 is 4.90 Å². The van der Waals surface area contributed by atoms with Crippen LogP contribution in [-0.4, -0.2) is 41.3 Å². The minimum Gasteiger partial charge on any atom is -0.395 e. The van der Waals surface area contributed by atoms with Crippen molar-refractivity contribution < 1.29 is 19.0 Å². The fourth-order valence-electron chi connectivity index (χ4n) is 1.11. The number of hydrogen-bond donors (Lipinski definition) is 2. The van der Waals surface area contributed by atoms with Crippen LogP contribution in [0.4, 0.5) is 13.9 Å². The molecule has 0 spiro atoms. The van der Waals surface area contributed by atoms with Crippen molar-refractivity contribution in [2.75, 3.05) is 24.6 Å². The minimum absolute atomic E-state index is 0.0546. The van der Waals surface area contributed by atoms with Crippen LogP contribution in [0.25, 0.3) is 0 Å². The Morgan fingerprint density at radius 2 is 2.12 bits per heavy atom. The van der Waals surface area contributed by atoms with E-state index in [1.807, 2.05) is 0 Å². The van der Waals surface area contributed by atoms with Crippen LogP contribution in [0.5, 0.6) is 0 Å². The summed E-state index contributed by atoms with van der Waals surface area (Å²) in [5.41, 5.74) is 0. The second kappa shape index (κ2) is 6.29. The van der Waals surface area contributed by atoms with E-state index in [1.54, 1.807) is 0 Å². The summed E-state index contributed by atoms with van der Waals surface area (Å²) in [6.45, 7) is -0.995. The Kier molecular flexibility index (Phi) is 5.33. The third-order valence-electron chi connectivity index (χ3n) is 1.78. The number of hydrogen-bond acceptors (Lipinski definition) is 5. The number of anilines is 1. The van der Waals surface area contributed by atoms with Crippen LogP contribution in [0.1, 0.15) is 4.88 Å². The van der Waals surface area contributed by atoms with Gasteiger partial charge in [-0.25, -0.2) is 13.8 Å². The summed E-state index contributed by atoms with van der Waals surface area (Å²) in [5, 5.41) is 18.0. The van der Waals surface area contributed by atoms with Gasteiger partial charge in [-0.05, 0) is 0 Å². The van der Waals surface area contributed by atoms with Gasteiger partial charge in [0, 0.05) is 6.54 Å². The molecule has 0 aromatic carbocycles. The highest BCUT2D eigenvalue weighted by Gasteiger charge is 2.17. The van der Waals surface area contributed by atoms with Crippen molar-refractivity contribution in [3.05, 3.63) is 10.0 Å². The Balaban J connectivity index is 2.83. The largest absolute Gasteiger partial charge is 0.395 e. The average Bonchev–Trinajstić information content (AvgIpc) is 2.58. The molecule has 92 valence electrons. The Labute approximate surface area is 100 Å². The van der Waals surface area contributed by atoms with E-state index in [4.69, 9.17) is 21.8 Å². The molecule has 1 aromatic heterocycles. The molecule has 8 heteroatoms. The van der Waals surface area contributed by atoms with Crippen LogP contribution in [0, 0.1) is 0 Å². The van der Waals surface area contributed by atoms with Crippen molar-refractivity contribution in [3.63, 3.8) is 0 Å². The monoisotopic (exact) mass is 272 g/mol. The highest BCUT2D eigenvalue weighted by atomic mass is 35.5. The molecule has 0 unspecified atom stereocenters. The molecule has 16 heavy (non-hydrogen) atoms. The van der Waals surface area contributed by atoms with E-state index in [9.17, 15) is 8.78 Å². The Morgan fingerprint density at radius 3 is 2.56 bits per heavy atom. The molecule has 2 N–H and O–H groups in total. The van der Waals surface area contributed by atoms with Crippen LogP contribution in [0.2, 0.25) is 5.15 Å². The lowest BCUT2D eigenvalue weighted by molar-refractivity contribution is 0.153. The zero-order valence-electron chi connectivity index (χ0n) is 8.24. The summed E-state index contributed by atoms with van der Waals surface area (Å²) in [4.78, 5) is 5.52. The van der Waals surface area contributed by atoms with Gasteiger partial charge in [-0.15, -0.1) is 0 Å². The fraction of sp³-hybridized carbons (Fsp3) is 0.625. The molecule has 0 saturated carbocycles. The summed E-state index contributed by atoms with van der Waals surface area (Å²) >= 11 is 6.73. The van der Waals surface area contributed by atoms with Crippen LogP contribution >= 0.6 is 22.9 Å². The first-order valence-corrected chi connectivity index (χ1v) is 5.68. The predicted molar refractivity (Wildman–Crippen MR) is 58.3 cm³/mol. The summed E-state index contributed by atoms with van der Waals surface area (Å²) in [6.07, 6.45) is -2.52. The molecule has 0 saturated heterocycles. The maximum atomic E-state index is 12.3. The molecule has 0 bridgehead atoms. The van der Waals surface area contributed by atoms with Crippen molar-refractivity contribution in [2.45, 2.75) is 13.0 Å². The number of thiazole rings is 1. The average molecular weight is 273 g/mol. The smallest absolute Gasteiger partial charge is 0.255 e. The van der Waals surface area contributed by atoms with E-state index < -0.39 is 13.0 Å². The second-order valence-corrected chi connectivity index (χ2v) is 4.35. The van der Waals surface area contributed by atoms with Crippen molar-refractivity contribution in [1.29, 1.82) is 0 Å². The van der Waals surface area contributed by atoms with Crippen LogP contribution in [-0.2, 0) is 6.61 Å². The highest BCUT2D eigenvalue weighted by Crippen LogP contribution is 2.29. The third-order valence-corrected chi connectivity index (χ3v) is 3.31. The molecular formula is C8H11ClF2N2O2S. The normalized spacial score (nSPS) is 11.1.